The molecule has 0 heterocycles. The van der Waals surface area contributed by atoms with Gasteiger partial charge in [0.25, 0.3) is 5.91 Å². The van der Waals surface area contributed by atoms with Crippen molar-refractivity contribution in [1.82, 2.24) is 10.2 Å². The molecule has 1 N–H and O–H groups in total. The maximum absolute atomic E-state index is 13.0. The Balaban J connectivity index is 2.16. The highest BCUT2D eigenvalue weighted by Crippen LogP contribution is 2.18. The lowest BCUT2D eigenvalue weighted by Gasteiger charge is -2.29. The van der Waals surface area contributed by atoms with E-state index >= 15 is 0 Å². The van der Waals surface area contributed by atoms with Crippen molar-refractivity contribution in [3.63, 3.8) is 0 Å². The lowest BCUT2D eigenvalue weighted by molar-refractivity contribution is -0.142. The van der Waals surface area contributed by atoms with Crippen LogP contribution in [-0.2, 0) is 16.1 Å². The van der Waals surface area contributed by atoms with Crippen molar-refractivity contribution < 1.29 is 14.3 Å². The van der Waals surface area contributed by atoms with Crippen LogP contribution < -0.4 is 10.1 Å². The number of carbonyl (C=O) groups excluding carboxylic acids is 2. The topological polar surface area (TPSA) is 58.6 Å². The first-order valence-corrected chi connectivity index (χ1v) is 10.1. The van der Waals surface area contributed by atoms with Crippen LogP contribution in [0.15, 0.2) is 48.5 Å². The van der Waals surface area contributed by atoms with E-state index in [1.165, 1.54) is 0 Å². The molecular weight excluding hydrogens is 364 g/mol. The van der Waals surface area contributed by atoms with Crippen LogP contribution in [0.3, 0.4) is 0 Å². The van der Waals surface area contributed by atoms with Crippen LogP contribution in [0.2, 0.25) is 0 Å². The summed E-state index contributed by atoms with van der Waals surface area (Å²) in [6.45, 7) is 10.6. The first-order chi connectivity index (χ1) is 13.8. The number of rotatable bonds is 9. The molecule has 2 aromatic carbocycles. The average Bonchev–Trinajstić information content (AvgIpc) is 2.70. The molecule has 0 aliphatic carbocycles. The molecule has 1 unspecified atom stereocenters. The van der Waals surface area contributed by atoms with Crippen molar-refractivity contribution in [3.8, 4) is 5.75 Å². The molecule has 2 aromatic rings. The minimum Gasteiger partial charge on any atom is -0.484 e. The molecule has 5 heteroatoms. The number of aryl methyl sites for hydroxylation is 2. The molecule has 0 saturated carbocycles. The Morgan fingerprint density at radius 2 is 1.59 bits per heavy atom. The maximum Gasteiger partial charge on any atom is 0.261 e. The molecule has 0 bridgehead atoms. The number of para-hydroxylation sites is 1. The molecule has 0 aromatic heterocycles. The summed E-state index contributed by atoms with van der Waals surface area (Å²) in [5.74, 6) is 0.643. The largest absolute Gasteiger partial charge is 0.484 e. The van der Waals surface area contributed by atoms with Crippen LogP contribution in [0.5, 0.6) is 5.75 Å². The van der Waals surface area contributed by atoms with Gasteiger partial charge in [-0.25, -0.2) is 0 Å². The zero-order chi connectivity index (χ0) is 21.4. The molecule has 0 spiro atoms. The molecule has 0 fully saturated rings. The average molecular weight is 397 g/mol. The second kappa shape index (κ2) is 10.6. The second-order valence-corrected chi connectivity index (χ2v) is 7.82. The molecule has 0 saturated heterocycles. The van der Waals surface area contributed by atoms with Gasteiger partial charge in [-0.15, -0.1) is 0 Å². The Labute approximate surface area is 174 Å². The van der Waals surface area contributed by atoms with E-state index in [0.29, 0.717) is 24.8 Å². The van der Waals surface area contributed by atoms with Gasteiger partial charge >= 0.3 is 0 Å². The molecule has 2 amide bonds. The summed E-state index contributed by atoms with van der Waals surface area (Å²) in [7, 11) is 0. The van der Waals surface area contributed by atoms with Crippen molar-refractivity contribution in [2.75, 3.05) is 13.2 Å². The van der Waals surface area contributed by atoms with E-state index in [9.17, 15) is 9.59 Å². The smallest absolute Gasteiger partial charge is 0.261 e. The van der Waals surface area contributed by atoms with Gasteiger partial charge in [0.1, 0.15) is 11.8 Å². The van der Waals surface area contributed by atoms with E-state index in [0.717, 1.165) is 16.7 Å². The quantitative estimate of drug-likeness (QED) is 0.700. The minimum absolute atomic E-state index is 0.113. The first-order valence-electron chi connectivity index (χ1n) is 10.1. The number of ether oxygens (including phenoxy) is 1. The normalized spacial score (nSPS) is 11.8. The first kappa shape index (κ1) is 22.5. The third-order valence-corrected chi connectivity index (χ3v) is 4.90. The Hall–Kier alpha value is -2.82. The van der Waals surface area contributed by atoms with Gasteiger partial charge < -0.3 is 15.0 Å². The molecule has 29 heavy (non-hydrogen) atoms. The van der Waals surface area contributed by atoms with E-state index in [4.69, 9.17) is 4.74 Å². The van der Waals surface area contributed by atoms with E-state index < -0.39 is 6.04 Å². The zero-order valence-electron chi connectivity index (χ0n) is 18.1. The third kappa shape index (κ3) is 6.63. The van der Waals surface area contributed by atoms with E-state index in [-0.39, 0.29) is 18.4 Å². The lowest BCUT2D eigenvalue weighted by Crippen LogP contribution is -2.49. The summed E-state index contributed by atoms with van der Waals surface area (Å²) in [5.41, 5.74) is 3.06. The second-order valence-electron chi connectivity index (χ2n) is 7.82. The number of nitrogens with zero attached hydrogens (tertiary/aromatic N) is 1. The van der Waals surface area contributed by atoms with Crippen molar-refractivity contribution in [2.24, 2.45) is 5.92 Å². The number of carbonyl (C=O) groups is 2. The Kier molecular flexibility index (Phi) is 8.25. The third-order valence-electron chi connectivity index (χ3n) is 4.90. The molecule has 0 radical (unpaired) electrons. The lowest BCUT2D eigenvalue weighted by atomic mass is 10.1. The standard InChI is InChI=1S/C24H32N2O3/c1-17(2)14-25-24(28)20(5)26(15-21-12-8-6-10-18(21)3)23(27)16-29-22-13-9-7-11-19(22)4/h6-13,17,20H,14-16H2,1-5H3,(H,25,28). The summed E-state index contributed by atoms with van der Waals surface area (Å²) < 4.78 is 5.75. The van der Waals surface area contributed by atoms with Crippen LogP contribution in [-0.4, -0.2) is 35.9 Å². The molecule has 0 aliphatic rings. The summed E-state index contributed by atoms with van der Waals surface area (Å²) in [4.78, 5) is 27.3. The van der Waals surface area contributed by atoms with Gasteiger partial charge in [-0.2, -0.15) is 0 Å². The predicted octanol–water partition coefficient (Wildman–Crippen LogP) is 3.87. The van der Waals surface area contributed by atoms with Gasteiger partial charge in [0, 0.05) is 13.1 Å². The highest BCUT2D eigenvalue weighted by Gasteiger charge is 2.27. The Morgan fingerprint density at radius 1 is 0.966 bits per heavy atom. The van der Waals surface area contributed by atoms with Crippen LogP contribution in [0.4, 0.5) is 0 Å². The Bertz CT molecular complexity index is 832. The number of hydrogen-bond donors (Lipinski definition) is 1. The fourth-order valence-electron chi connectivity index (χ4n) is 2.95. The number of benzene rings is 2. The fourth-order valence-corrected chi connectivity index (χ4v) is 2.95. The molecule has 0 aliphatic heterocycles. The number of amides is 2. The summed E-state index contributed by atoms with van der Waals surface area (Å²) in [6.07, 6.45) is 0. The van der Waals surface area contributed by atoms with Gasteiger partial charge in [-0.3, -0.25) is 9.59 Å². The molecule has 1 atom stereocenters. The van der Waals surface area contributed by atoms with Crippen LogP contribution in [0.25, 0.3) is 0 Å². The van der Waals surface area contributed by atoms with Gasteiger partial charge in [-0.1, -0.05) is 56.3 Å². The zero-order valence-corrected chi connectivity index (χ0v) is 18.1. The van der Waals surface area contributed by atoms with E-state index in [1.807, 2.05) is 76.2 Å². The van der Waals surface area contributed by atoms with Crippen molar-refractivity contribution in [2.45, 2.75) is 47.2 Å². The van der Waals surface area contributed by atoms with Crippen molar-refractivity contribution in [3.05, 3.63) is 65.2 Å². The van der Waals surface area contributed by atoms with E-state index in [1.54, 1.807) is 11.8 Å². The highest BCUT2D eigenvalue weighted by atomic mass is 16.5. The number of hydrogen-bond acceptors (Lipinski definition) is 3. The van der Waals surface area contributed by atoms with Crippen LogP contribution in [0.1, 0.15) is 37.5 Å². The summed E-state index contributed by atoms with van der Waals surface area (Å²) in [6, 6.07) is 14.9. The van der Waals surface area contributed by atoms with Gasteiger partial charge in [-0.05, 0) is 49.4 Å². The predicted molar refractivity (Wildman–Crippen MR) is 116 cm³/mol. The van der Waals surface area contributed by atoms with Crippen LogP contribution in [0, 0.1) is 19.8 Å². The van der Waals surface area contributed by atoms with Gasteiger partial charge in [0.05, 0.1) is 0 Å². The number of nitrogens with one attached hydrogen (secondary N) is 1. The molecular formula is C24H32N2O3. The molecule has 156 valence electrons. The van der Waals surface area contributed by atoms with Crippen molar-refractivity contribution in [1.29, 1.82) is 0 Å². The fraction of sp³-hybridized carbons (Fsp3) is 0.417. The highest BCUT2D eigenvalue weighted by molar-refractivity contribution is 5.88. The summed E-state index contributed by atoms with van der Waals surface area (Å²) >= 11 is 0. The minimum atomic E-state index is -0.596. The Morgan fingerprint density at radius 3 is 2.21 bits per heavy atom. The summed E-state index contributed by atoms with van der Waals surface area (Å²) in [5, 5.41) is 2.93. The van der Waals surface area contributed by atoms with Gasteiger partial charge in [0.2, 0.25) is 5.91 Å². The maximum atomic E-state index is 13.0. The molecule has 2 rings (SSSR count). The van der Waals surface area contributed by atoms with Crippen molar-refractivity contribution >= 4 is 11.8 Å². The van der Waals surface area contributed by atoms with Gasteiger partial charge in [0.15, 0.2) is 6.61 Å². The SMILES string of the molecule is Cc1ccccc1CN(C(=O)COc1ccccc1C)C(C)C(=O)NCC(C)C. The monoisotopic (exact) mass is 396 g/mol. The van der Waals surface area contributed by atoms with Crippen LogP contribution >= 0.6 is 0 Å². The molecule has 5 nitrogen and oxygen atoms in total. The van der Waals surface area contributed by atoms with E-state index in [2.05, 4.69) is 5.32 Å².